The number of hydrogen-bond donors (Lipinski definition) is 1. The molecule has 1 aliphatic rings. The van der Waals surface area contributed by atoms with E-state index in [1.165, 1.54) is 19.3 Å². The lowest BCUT2D eigenvalue weighted by atomic mass is 9.79. The van der Waals surface area contributed by atoms with Crippen LogP contribution in [0.4, 0.5) is 0 Å². The normalized spacial score (nSPS) is 21.4. The van der Waals surface area contributed by atoms with E-state index < -0.39 is 0 Å². The van der Waals surface area contributed by atoms with Crippen LogP contribution in [-0.4, -0.2) is 38.5 Å². The highest BCUT2D eigenvalue weighted by Crippen LogP contribution is 2.34. The van der Waals surface area contributed by atoms with Gasteiger partial charge in [0.15, 0.2) is 0 Å². The Morgan fingerprint density at radius 1 is 1.18 bits per heavy atom. The summed E-state index contributed by atoms with van der Waals surface area (Å²) in [5, 5.41) is 3.62. The highest BCUT2D eigenvalue weighted by Gasteiger charge is 2.39. The Morgan fingerprint density at radius 2 is 1.88 bits per heavy atom. The lowest BCUT2D eigenvalue weighted by Gasteiger charge is -2.42. The third-order valence-electron chi connectivity index (χ3n) is 3.87. The molecule has 0 saturated heterocycles. The van der Waals surface area contributed by atoms with Gasteiger partial charge in [0.2, 0.25) is 0 Å². The second-order valence-corrected chi connectivity index (χ2v) is 5.00. The van der Waals surface area contributed by atoms with Gasteiger partial charge in [0.25, 0.3) is 0 Å². The van der Waals surface area contributed by atoms with Crippen molar-refractivity contribution in [1.82, 2.24) is 5.32 Å². The van der Waals surface area contributed by atoms with Crippen LogP contribution in [0.25, 0.3) is 0 Å². The van der Waals surface area contributed by atoms with E-state index in [2.05, 4.69) is 19.2 Å². The van der Waals surface area contributed by atoms with E-state index in [0.717, 1.165) is 39.0 Å². The molecule has 0 radical (unpaired) electrons. The van der Waals surface area contributed by atoms with Crippen molar-refractivity contribution < 1.29 is 9.47 Å². The Balaban J connectivity index is 2.61. The predicted octanol–water partition coefficient (Wildman–Crippen LogP) is 2.74. The molecule has 1 atom stereocenters. The molecule has 1 fully saturated rings. The summed E-state index contributed by atoms with van der Waals surface area (Å²) in [4.78, 5) is 0. The maximum absolute atomic E-state index is 5.89. The molecule has 102 valence electrons. The zero-order valence-electron chi connectivity index (χ0n) is 11.8. The number of ether oxygens (including phenoxy) is 2. The quantitative estimate of drug-likeness (QED) is 0.711. The monoisotopic (exact) mass is 243 g/mol. The molecule has 0 heterocycles. The van der Waals surface area contributed by atoms with Gasteiger partial charge >= 0.3 is 0 Å². The van der Waals surface area contributed by atoms with Crippen LogP contribution in [-0.2, 0) is 9.47 Å². The number of nitrogens with one attached hydrogen (secondary N) is 1. The first kappa shape index (κ1) is 14.9. The molecule has 1 N–H and O–H groups in total. The molecule has 0 aromatic heterocycles. The molecule has 3 heteroatoms. The van der Waals surface area contributed by atoms with Gasteiger partial charge in [0, 0.05) is 13.7 Å². The zero-order valence-corrected chi connectivity index (χ0v) is 11.8. The summed E-state index contributed by atoms with van der Waals surface area (Å²) in [7, 11) is 1.86. The first-order valence-electron chi connectivity index (χ1n) is 7.15. The van der Waals surface area contributed by atoms with Crippen molar-refractivity contribution in [2.75, 3.05) is 26.9 Å². The minimum Gasteiger partial charge on any atom is -0.380 e. The van der Waals surface area contributed by atoms with E-state index in [1.54, 1.807) is 0 Å². The fraction of sp³-hybridized carbons (Fsp3) is 1.00. The van der Waals surface area contributed by atoms with Crippen LogP contribution in [0.1, 0.15) is 52.4 Å². The summed E-state index contributed by atoms with van der Waals surface area (Å²) in [5.41, 5.74) is 0.00257. The molecular formula is C14H29NO2. The van der Waals surface area contributed by atoms with Crippen LogP contribution in [0.15, 0.2) is 0 Å². The minimum absolute atomic E-state index is 0.00257. The third kappa shape index (κ3) is 4.23. The molecule has 3 nitrogen and oxygen atoms in total. The summed E-state index contributed by atoms with van der Waals surface area (Å²) >= 11 is 0. The van der Waals surface area contributed by atoms with Crippen molar-refractivity contribution in [2.24, 2.45) is 0 Å². The minimum atomic E-state index is 0.00257. The summed E-state index contributed by atoms with van der Waals surface area (Å²) < 4.78 is 11.5. The first-order chi connectivity index (χ1) is 8.29. The van der Waals surface area contributed by atoms with E-state index in [0.29, 0.717) is 6.04 Å². The second kappa shape index (κ2) is 8.06. The molecule has 0 bridgehead atoms. The Morgan fingerprint density at radius 3 is 2.41 bits per heavy atom. The molecule has 1 saturated carbocycles. The Labute approximate surface area is 106 Å². The van der Waals surface area contributed by atoms with E-state index in [4.69, 9.17) is 9.47 Å². The standard InChI is InChI=1S/C14H29NO2/c1-4-11-15-13(12-17-5-2)14(16-3)9-7-6-8-10-14/h13,15H,4-12H2,1-3H3. The van der Waals surface area contributed by atoms with Crippen LogP contribution < -0.4 is 5.32 Å². The van der Waals surface area contributed by atoms with Gasteiger partial charge in [-0.05, 0) is 32.7 Å². The lowest BCUT2D eigenvalue weighted by Crippen LogP contribution is -2.55. The molecule has 0 aromatic rings. The van der Waals surface area contributed by atoms with E-state index in [-0.39, 0.29) is 5.60 Å². The highest BCUT2D eigenvalue weighted by molar-refractivity contribution is 4.95. The van der Waals surface area contributed by atoms with E-state index in [1.807, 2.05) is 7.11 Å². The van der Waals surface area contributed by atoms with Gasteiger partial charge in [0.1, 0.15) is 0 Å². The van der Waals surface area contributed by atoms with Crippen LogP contribution >= 0.6 is 0 Å². The maximum Gasteiger partial charge on any atom is 0.0853 e. The molecule has 0 aliphatic heterocycles. The molecule has 1 rings (SSSR count). The molecule has 0 aromatic carbocycles. The molecule has 0 amide bonds. The van der Waals surface area contributed by atoms with Crippen LogP contribution in [0.3, 0.4) is 0 Å². The Bertz CT molecular complexity index is 183. The number of hydrogen-bond acceptors (Lipinski definition) is 3. The Hall–Kier alpha value is -0.120. The molecule has 1 aliphatic carbocycles. The van der Waals surface area contributed by atoms with Crippen molar-refractivity contribution in [1.29, 1.82) is 0 Å². The van der Waals surface area contributed by atoms with Crippen molar-refractivity contribution >= 4 is 0 Å². The average Bonchev–Trinajstić information content (AvgIpc) is 2.39. The molecule has 17 heavy (non-hydrogen) atoms. The van der Waals surface area contributed by atoms with Gasteiger partial charge in [0.05, 0.1) is 18.2 Å². The third-order valence-corrected chi connectivity index (χ3v) is 3.87. The van der Waals surface area contributed by atoms with Gasteiger partial charge in [-0.2, -0.15) is 0 Å². The number of rotatable bonds is 8. The van der Waals surface area contributed by atoms with E-state index in [9.17, 15) is 0 Å². The smallest absolute Gasteiger partial charge is 0.0853 e. The zero-order chi connectivity index (χ0) is 12.6. The van der Waals surface area contributed by atoms with Crippen LogP contribution in [0, 0.1) is 0 Å². The van der Waals surface area contributed by atoms with Crippen LogP contribution in [0.2, 0.25) is 0 Å². The summed E-state index contributed by atoms with van der Waals surface area (Å²) in [6.07, 6.45) is 7.40. The van der Waals surface area contributed by atoms with Crippen molar-refractivity contribution in [3.05, 3.63) is 0 Å². The summed E-state index contributed by atoms with van der Waals surface area (Å²) in [6, 6.07) is 0.340. The molecule has 0 spiro atoms. The lowest BCUT2D eigenvalue weighted by molar-refractivity contribution is -0.0854. The van der Waals surface area contributed by atoms with Gasteiger partial charge in [-0.3, -0.25) is 0 Å². The average molecular weight is 243 g/mol. The van der Waals surface area contributed by atoms with Crippen LogP contribution in [0.5, 0.6) is 0 Å². The predicted molar refractivity (Wildman–Crippen MR) is 71.4 cm³/mol. The number of methoxy groups -OCH3 is 1. The van der Waals surface area contributed by atoms with Gasteiger partial charge in [-0.1, -0.05) is 26.2 Å². The topological polar surface area (TPSA) is 30.5 Å². The largest absolute Gasteiger partial charge is 0.380 e. The van der Waals surface area contributed by atoms with Crippen molar-refractivity contribution in [3.8, 4) is 0 Å². The van der Waals surface area contributed by atoms with Crippen molar-refractivity contribution in [2.45, 2.75) is 64.0 Å². The maximum atomic E-state index is 5.89. The van der Waals surface area contributed by atoms with Gasteiger partial charge in [-0.25, -0.2) is 0 Å². The molecular weight excluding hydrogens is 214 g/mol. The van der Waals surface area contributed by atoms with E-state index >= 15 is 0 Å². The molecule has 1 unspecified atom stereocenters. The van der Waals surface area contributed by atoms with Gasteiger partial charge in [-0.15, -0.1) is 0 Å². The first-order valence-corrected chi connectivity index (χ1v) is 7.15. The van der Waals surface area contributed by atoms with Gasteiger partial charge < -0.3 is 14.8 Å². The SMILES string of the molecule is CCCNC(COCC)C1(OC)CCCCC1. The summed E-state index contributed by atoms with van der Waals surface area (Å²) in [5.74, 6) is 0. The fourth-order valence-corrected chi connectivity index (χ4v) is 2.80. The van der Waals surface area contributed by atoms with Crippen molar-refractivity contribution in [3.63, 3.8) is 0 Å². The highest BCUT2D eigenvalue weighted by atomic mass is 16.5. The fourth-order valence-electron chi connectivity index (χ4n) is 2.80. The summed E-state index contributed by atoms with van der Waals surface area (Å²) in [6.45, 7) is 6.85. The second-order valence-electron chi connectivity index (χ2n) is 5.00. The Kier molecular flexibility index (Phi) is 7.09.